The fraction of sp³-hybridized carbons (Fsp3) is 0.900. The molecule has 0 spiro atoms. The Morgan fingerprint density at radius 3 is 2.29 bits per heavy atom. The zero-order chi connectivity index (χ0) is 10.8. The number of carbonyl (C=O) groups excluding carboxylic acids is 1. The summed E-state index contributed by atoms with van der Waals surface area (Å²) in [4.78, 5) is 12.1. The van der Waals surface area contributed by atoms with Crippen molar-refractivity contribution in [2.75, 3.05) is 0 Å². The molecule has 0 aliphatic heterocycles. The molecule has 3 atom stereocenters. The van der Waals surface area contributed by atoms with Gasteiger partial charge in [0.2, 0.25) is 5.91 Å². The molecule has 3 fully saturated rings. The van der Waals surface area contributed by atoms with Crippen LogP contribution in [-0.4, -0.2) is 10.7 Å². The Morgan fingerprint density at radius 1 is 1.43 bits per heavy atom. The highest BCUT2D eigenvalue weighted by Gasteiger charge is 2.79. The number of carbonyl (C=O) groups is 1. The number of nitrogens with one attached hydrogen (secondary N) is 1. The van der Waals surface area contributed by atoms with E-state index in [1.807, 2.05) is 0 Å². The van der Waals surface area contributed by atoms with Crippen LogP contribution in [0.4, 0.5) is 0 Å². The molecule has 3 aliphatic rings. The van der Waals surface area contributed by atoms with Crippen LogP contribution in [0.3, 0.4) is 0 Å². The van der Waals surface area contributed by atoms with Gasteiger partial charge in [0.15, 0.2) is 0 Å². The highest BCUT2D eigenvalue weighted by Crippen LogP contribution is 2.79. The largest absolute Gasteiger partial charge is 0.294 e. The van der Waals surface area contributed by atoms with Gasteiger partial charge in [-0.15, -0.1) is 0 Å². The lowest BCUT2D eigenvalue weighted by Crippen LogP contribution is -2.69. The number of halogens is 1. The molecule has 3 saturated carbocycles. The second-order valence-corrected chi connectivity index (χ2v) is 6.27. The molecule has 3 aliphatic carbocycles. The molecule has 80 valence electrons. The quantitative estimate of drug-likeness (QED) is 0.326. The Bertz CT molecular complexity index is 304. The fourth-order valence-corrected chi connectivity index (χ4v) is 5.40. The number of nitrogens with two attached hydrogens (primary N) is 1. The Hall–Kier alpha value is -0.0900. The Balaban J connectivity index is 2.44. The van der Waals surface area contributed by atoms with Gasteiger partial charge in [0, 0.05) is 4.83 Å². The maximum atomic E-state index is 11.9. The van der Waals surface area contributed by atoms with Gasteiger partial charge in [0.1, 0.15) is 0 Å². The minimum Gasteiger partial charge on any atom is -0.294 e. The first kappa shape index (κ1) is 10.4. The van der Waals surface area contributed by atoms with Gasteiger partial charge in [-0.2, -0.15) is 0 Å². The van der Waals surface area contributed by atoms with E-state index < -0.39 is 0 Å². The molecule has 14 heavy (non-hydrogen) atoms. The van der Waals surface area contributed by atoms with Gasteiger partial charge in [0.05, 0.1) is 5.41 Å². The van der Waals surface area contributed by atoms with E-state index in [9.17, 15) is 4.79 Å². The fourth-order valence-electron chi connectivity index (χ4n) is 3.59. The van der Waals surface area contributed by atoms with Crippen LogP contribution in [0.1, 0.15) is 33.6 Å². The second-order valence-electron chi connectivity index (χ2n) is 5.35. The molecule has 0 aromatic carbocycles. The first-order valence-electron chi connectivity index (χ1n) is 5.00. The Labute approximate surface area is 92.9 Å². The van der Waals surface area contributed by atoms with E-state index >= 15 is 0 Å². The molecule has 1 amide bonds. The molecule has 3 unspecified atom stereocenters. The maximum Gasteiger partial charge on any atom is 0.241 e. The molecule has 0 radical (unpaired) electrons. The number of amides is 1. The van der Waals surface area contributed by atoms with E-state index in [-0.39, 0.29) is 27.0 Å². The van der Waals surface area contributed by atoms with Crippen LogP contribution < -0.4 is 11.3 Å². The lowest BCUT2D eigenvalue weighted by atomic mass is 9.43. The average Bonchev–Trinajstić information content (AvgIpc) is 2.54. The van der Waals surface area contributed by atoms with Gasteiger partial charge < -0.3 is 0 Å². The van der Waals surface area contributed by atoms with Crippen molar-refractivity contribution in [3.05, 3.63) is 0 Å². The van der Waals surface area contributed by atoms with Gasteiger partial charge >= 0.3 is 0 Å². The topological polar surface area (TPSA) is 55.1 Å². The molecule has 2 bridgehead atoms. The van der Waals surface area contributed by atoms with Crippen molar-refractivity contribution < 1.29 is 4.79 Å². The smallest absolute Gasteiger partial charge is 0.241 e. The highest BCUT2D eigenvalue weighted by atomic mass is 79.9. The van der Waals surface area contributed by atoms with Crippen molar-refractivity contribution in [3.63, 3.8) is 0 Å². The van der Waals surface area contributed by atoms with E-state index in [4.69, 9.17) is 5.84 Å². The summed E-state index contributed by atoms with van der Waals surface area (Å²) in [5.41, 5.74) is 2.30. The predicted molar refractivity (Wildman–Crippen MR) is 58.6 cm³/mol. The molecule has 4 heteroatoms. The number of fused-ring (bicyclic) bond motifs is 1. The van der Waals surface area contributed by atoms with Crippen molar-refractivity contribution >= 4 is 21.8 Å². The van der Waals surface area contributed by atoms with Crippen LogP contribution in [-0.2, 0) is 4.79 Å². The molecule has 3 N–H and O–H groups in total. The Kier molecular flexibility index (Phi) is 1.88. The summed E-state index contributed by atoms with van der Waals surface area (Å²) in [5.74, 6) is 5.25. The van der Waals surface area contributed by atoms with Crippen LogP contribution in [0.15, 0.2) is 0 Å². The van der Waals surface area contributed by atoms with E-state index in [2.05, 4.69) is 42.1 Å². The van der Waals surface area contributed by atoms with Gasteiger partial charge in [-0.1, -0.05) is 36.7 Å². The second kappa shape index (κ2) is 2.53. The standard InChI is InChI=1S/C10H17BrN2O/c1-8(2)9(3)4-5-10(8,6(9)11)7(14)13-12/h6H,4-5,12H2,1-3H3,(H,13,14). The van der Waals surface area contributed by atoms with Crippen LogP contribution in [0.25, 0.3) is 0 Å². The number of rotatable bonds is 1. The normalized spacial score (nSPS) is 48.5. The summed E-state index contributed by atoms with van der Waals surface area (Å²) in [7, 11) is 0. The minimum atomic E-state index is -0.295. The summed E-state index contributed by atoms with van der Waals surface area (Å²) >= 11 is 3.67. The number of hydrogen-bond acceptors (Lipinski definition) is 2. The summed E-state index contributed by atoms with van der Waals surface area (Å²) in [6, 6.07) is 0. The predicted octanol–water partition coefficient (Wildman–Crippen LogP) is 1.57. The van der Waals surface area contributed by atoms with Gasteiger partial charge in [-0.25, -0.2) is 5.84 Å². The zero-order valence-electron chi connectivity index (χ0n) is 8.86. The van der Waals surface area contributed by atoms with Crippen molar-refractivity contribution in [1.29, 1.82) is 0 Å². The van der Waals surface area contributed by atoms with Gasteiger partial charge in [-0.05, 0) is 23.7 Å². The molecule has 0 saturated heterocycles. The molecule has 0 aromatic heterocycles. The monoisotopic (exact) mass is 260 g/mol. The molecule has 0 heterocycles. The molecular weight excluding hydrogens is 244 g/mol. The molecule has 3 nitrogen and oxygen atoms in total. The summed E-state index contributed by atoms with van der Waals surface area (Å²) in [6.07, 6.45) is 2.04. The third-order valence-corrected chi connectivity index (χ3v) is 6.90. The lowest BCUT2D eigenvalue weighted by Gasteiger charge is -2.63. The van der Waals surface area contributed by atoms with E-state index in [0.29, 0.717) is 0 Å². The van der Waals surface area contributed by atoms with E-state index in [1.165, 1.54) is 0 Å². The molecular formula is C10H17BrN2O. The number of alkyl halides is 1. The zero-order valence-corrected chi connectivity index (χ0v) is 10.4. The number of hydrogen-bond donors (Lipinski definition) is 2. The van der Waals surface area contributed by atoms with Crippen LogP contribution >= 0.6 is 15.9 Å². The van der Waals surface area contributed by atoms with Crippen LogP contribution in [0, 0.1) is 16.2 Å². The summed E-state index contributed by atoms with van der Waals surface area (Å²) < 4.78 is 0. The summed E-state index contributed by atoms with van der Waals surface area (Å²) in [6.45, 7) is 6.60. The highest BCUT2D eigenvalue weighted by molar-refractivity contribution is 9.09. The van der Waals surface area contributed by atoms with E-state index in [1.54, 1.807) is 0 Å². The first-order valence-corrected chi connectivity index (χ1v) is 5.91. The van der Waals surface area contributed by atoms with Crippen molar-refractivity contribution in [1.82, 2.24) is 5.43 Å². The number of hydrazine groups is 1. The van der Waals surface area contributed by atoms with Crippen molar-refractivity contribution in [3.8, 4) is 0 Å². The van der Waals surface area contributed by atoms with Crippen LogP contribution in [0.2, 0.25) is 0 Å². The van der Waals surface area contributed by atoms with Gasteiger partial charge in [-0.3, -0.25) is 10.2 Å². The lowest BCUT2D eigenvalue weighted by molar-refractivity contribution is -0.161. The van der Waals surface area contributed by atoms with Gasteiger partial charge in [0.25, 0.3) is 0 Å². The first-order chi connectivity index (χ1) is 6.34. The van der Waals surface area contributed by atoms with E-state index in [0.717, 1.165) is 12.8 Å². The maximum absolute atomic E-state index is 11.9. The van der Waals surface area contributed by atoms with Crippen molar-refractivity contribution in [2.45, 2.75) is 38.4 Å². The third kappa shape index (κ3) is 0.703. The average molecular weight is 261 g/mol. The summed E-state index contributed by atoms with van der Waals surface area (Å²) in [5, 5.41) is 0. The third-order valence-electron chi connectivity index (χ3n) is 5.11. The van der Waals surface area contributed by atoms with Crippen LogP contribution in [0.5, 0.6) is 0 Å². The Morgan fingerprint density at radius 2 is 2.00 bits per heavy atom. The minimum absolute atomic E-state index is 0.0145. The molecule has 3 rings (SSSR count). The molecule has 0 aromatic rings. The van der Waals surface area contributed by atoms with Crippen molar-refractivity contribution in [2.24, 2.45) is 22.1 Å². The SMILES string of the molecule is CC12CCC(C(=O)NN)(C1Br)C2(C)C.